The molecule has 1 aromatic carbocycles. The molecule has 0 radical (unpaired) electrons. The summed E-state index contributed by atoms with van der Waals surface area (Å²) < 4.78 is 5.48. The van der Waals surface area contributed by atoms with Crippen molar-refractivity contribution in [1.29, 1.82) is 0 Å². The topological polar surface area (TPSA) is 123 Å². The van der Waals surface area contributed by atoms with Crippen LogP contribution in [-0.2, 0) is 0 Å². The second-order valence-electron chi connectivity index (χ2n) is 4.23. The molecule has 0 aliphatic carbocycles. The van der Waals surface area contributed by atoms with E-state index in [0.29, 0.717) is 34.9 Å². The SMILES string of the molecule is CCOc1cccc(-c2[nH]ccc2C(N)=O)c1NC(N)=O. The third kappa shape index (κ3) is 2.97. The van der Waals surface area contributed by atoms with Crippen molar-refractivity contribution in [3.8, 4) is 17.0 Å². The van der Waals surface area contributed by atoms with Crippen molar-refractivity contribution < 1.29 is 14.3 Å². The minimum absolute atomic E-state index is 0.316. The zero-order valence-corrected chi connectivity index (χ0v) is 11.5. The molecule has 0 bridgehead atoms. The number of carbonyl (C=O) groups is 2. The minimum atomic E-state index is -0.726. The monoisotopic (exact) mass is 288 g/mol. The first-order valence-corrected chi connectivity index (χ1v) is 6.34. The van der Waals surface area contributed by atoms with E-state index >= 15 is 0 Å². The molecule has 0 fully saturated rings. The van der Waals surface area contributed by atoms with Gasteiger partial charge in [-0.1, -0.05) is 12.1 Å². The Morgan fingerprint density at radius 3 is 2.67 bits per heavy atom. The number of primary amides is 2. The Morgan fingerprint density at radius 1 is 1.29 bits per heavy atom. The summed E-state index contributed by atoms with van der Waals surface area (Å²) in [6, 6.07) is 6.02. The van der Waals surface area contributed by atoms with E-state index in [1.165, 1.54) is 0 Å². The molecule has 0 spiro atoms. The average molecular weight is 288 g/mol. The number of hydrogen-bond acceptors (Lipinski definition) is 3. The third-order valence-electron chi connectivity index (χ3n) is 2.86. The lowest BCUT2D eigenvalue weighted by molar-refractivity contribution is 0.100. The van der Waals surface area contributed by atoms with E-state index in [-0.39, 0.29) is 0 Å². The van der Waals surface area contributed by atoms with Crippen LogP contribution in [0.2, 0.25) is 0 Å². The van der Waals surface area contributed by atoms with Crippen molar-refractivity contribution >= 4 is 17.6 Å². The number of benzene rings is 1. The molecule has 1 heterocycles. The Labute approximate surface area is 121 Å². The van der Waals surface area contributed by atoms with E-state index < -0.39 is 11.9 Å². The fraction of sp³-hybridized carbons (Fsp3) is 0.143. The Morgan fingerprint density at radius 2 is 2.05 bits per heavy atom. The maximum atomic E-state index is 11.5. The first kappa shape index (κ1) is 14.4. The van der Waals surface area contributed by atoms with Gasteiger partial charge in [-0.15, -0.1) is 0 Å². The first-order chi connectivity index (χ1) is 10.0. The van der Waals surface area contributed by atoms with Crippen molar-refractivity contribution in [1.82, 2.24) is 4.98 Å². The highest BCUT2D eigenvalue weighted by atomic mass is 16.5. The molecular weight excluding hydrogens is 272 g/mol. The molecule has 21 heavy (non-hydrogen) atoms. The lowest BCUT2D eigenvalue weighted by atomic mass is 10.0. The molecule has 7 nitrogen and oxygen atoms in total. The molecule has 0 atom stereocenters. The highest BCUT2D eigenvalue weighted by molar-refractivity contribution is 6.03. The van der Waals surface area contributed by atoms with Gasteiger partial charge in [0.05, 0.1) is 23.6 Å². The predicted octanol–water partition coefficient (Wildman–Crippen LogP) is 1.67. The summed E-state index contributed by atoms with van der Waals surface area (Å²) in [5, 5.41) is 2.52. The summed E-state index contributed by atoms with van der Waals surface area (Å²) in [7, 11) is 0. The summed E-state index contributed by atoms with van der Waals surface area (Å²) in [4.78, 5) is 25.6. The van der Waals surface area contributed by atoms with Crippen LogP contribution in [0.15, 0.2) is 30.5 Å². The van der Waals surface area contributed by atoms with E-state index in [1.807, 2.05) is 6.92 Å². The van der Waals surface area contributed by atoms with Gasteiger partial charge in [0.25, 0.3) is 5.91 Å². The number of anilines is 1. The van der Waals surface area contributed by atoms with Crippen molar-refractivity contribution in [3.63, 3.8) is 0 Å². The number of nitrogens with two attached hydrogens (primary N) is 2. The van der Waals surface area contributed by atoms with Crippen LogP contribution in [0.3, 0.4) is 0 Å². The van der Waals surface area contributed by atoms with Gasteiger partial charge in [-0.2, -0.15) is 0 Å². The van der Waals surface area contributed by atoms with Crippen LogP contribution in [0, 0.1) is 0 Å². The molecule has 0 aliphatic rings. The van der Waals surface area contributed by atoms with E-state index in [4.69, 9.17) is 16.2 Å². The first-order valence-electron chi connectivity index (χ1n) is 6.34. The van der Waals surface area contributed by atoms with Gasteiger partial charge in [-0.3, -0.25) is 4.79 Å². The Kier molecular flexibility index (Phi) is 4.13. The molecule has 1 aromatic heterocycles. The Bertz CT molecular complexity index is 679. The zero-order valence-electron chi connectivity index (χ0n) is 11.5. The molecule has 6 N–H and O–H groups in total. The van der Waals surface area contributed by atoms with Crippen molar-refractivity contribution in [2.24, 2.45) is 11.5 Å². The zero-order chi connectivity index (χ0) is 15.4. The van der Waals surface area contributed by atoms with Gasteiger partial charge in [-0.05, 0) is 19.1 Å². The van der Waals surface area contributed by atoms with Gasteiger partial charge in [0.1, 0.15) is 5.75 Å². The molecule has 7 heteroatoms. The number of nitrogens with one attached hydrogen (secondary N) is 2. The maximum Gasteiger partial charge on any atom is 0.316 e. The van der Waals surface area contributed by atoms with E-state index in [0.717, 1.165) is 0 Å². The van der Waals surface area contributed by atoms with Gasteiger partial charge in [0.2, 0.25) is 0 Å². The minimum Gasteiger partial charge on any atom is -0.492 e. The highest BCUT2D eigenvalue weighted by Crippen LogP contribution is 2.36. The number of amides is 3. The van der Waals surface area contributed by atoms with E-state index in [9.17, 15) is 9.59 Å². The van der Waals surface area contributed by atoms with Crippen LogP contribution in [0.4, 0.5) is 10.5 Å². The molecule has 3 amide bonds. The molecule has 2 aromatic rings. The lowest BCUT2D eigenvalue weighted by Crippen LogP contribution is -2.20. The number of para-hydroxylation sites is 1. The summed E-state index contributed by atoms with van der Waals surface area (Å²) in [6.45, 7) is 2.24. The molecule has 0 saturated heterocycles. The second kappa shape index (κ2) is 6.00. The highest BCUT2D eigenvalue weighted by Gasteiger charge is 2.18. The maximum absolute atomic E-state index is 11.5. The summed E-state index contributed by atoms with van der Waals surface area (Å²) in [5.74, 6) is -0.114. The number of H-pyrrole nitrogens is 1. The Hall–Kier alpha value is -2.96. The number of ether oxygens (including phenoxy) is 1. The van der Waals surface area contributed by atoms with Gasteiger partial charge < -0.3 is 26.5 Å². The molecule has 2 rings (SSSR count). The molecule has 0 aliphatic heterocycles. The molecular formula is C14H16N4O3. The van der Waals surface area contributed by atoms with Gasteiger partial charge >= 0.3 is 6.03 Å². The van der Waals surface area contributed by atoms with Crippen LogP contribution in [-0.4, -0.2) is 23.5 Å². The Balaban J connectivity index is 2.61. The third-order valence-corrected chi connectivity index (χ3v) is 2.86. The predicted molar refractivity (Wildman–Crippen MR) is 79.1 cm³/mol. The number of aromatic nitrogens is 1. The van der Waals surface area contributed by atoms with Crippen LogP contribution in [0.5, 0.6) is 5.75 Å². The lowest BCUT2D eigenvalue weighted by Gasteiger charge is -2.15. The number of rotatable bonds is 5. The molecule has 0 saturated carbocycles. The van der Waals surface area contributed by atoms with Crippen molar-refractivity contribution in [3.05, 3.63) is 36.0 Å². The van der Waals surface area contributed by atoms with Crippen LogP contribution >= 0.6 is 0 Å². The average Bonchev–Trinajstić information content (AvgIpc) is 2.89. The summed E-state index contributed by atoms with van der Waals surface area (Å²) >= 11 is 0. The normalized spacial score (nSPS) is 10.1. The molecule has 0 unspecified atom stereocenters. The largest absolute Gasteiger partial charge is 0.492 e. The number of hydrogen-bond donors (Lipinski definition) is 4. The van der Waals surface area contributed by atoms with Crippen LogP contribution in [0.25, 0.3) is 11.3 Å². The fourth-order valence-corrected chi connectivity index (χ4v) is 2.06. The second-order valence-corrected chi connectivity index (χ2v) is 4.23. The fourth-order valence-electron chi connectivity index (χ4n) is 2.06. The summed E-state index contributed by atoms with van der Waals surface area (Å²) in [6.07, 6.45) is 1.59. The van der Waals surface area contributed by atoms with E-state index in [1.54, 1.807) is 30.5 Å². The number of aromatic amines is 1. The summed E-state index contributed by atoms with van der Waals surface area (Å²) in [5.41, 5.74) is 12.3. The van der Waals surface area contributed by atoms with Crippen molar-refractivity contribution in [2.75, 3.05) is 11.9 Å². The molecule has 110 valence electrons. The quantitative estimate of drug-likeness (QED) is 0.669. The van der Waals surface area contributed by atoms with E-state index in [2.05, 4.69) is 10.3 Å². The standard InChI is InChI=1S/C14H16N4O3/c1-2-21-10-5-3-4-8(12(10)18-14(16)20)11-9(13(15)19)6-7-17-11/h3-7,17H,2H2,1H3,(H2,15,19)(H3,16,18,20). The van der Waals surface area contributed by atoms with Gasteiger partial charge in [-0.25, -0.2) is 4.79 Å². The van der Waals surface area contributed by atoms with Crippen LogP contribution < -0.4 is 21.5 Å². The number of carbonyl (C=O) groups excluding carboxylic acids is 2. The van der Waals surface area contributed by atoms with Gasteiger partial charge in [0, 0.05) is 11.8 Å². The smallest absolute Gasteiger partial charge is 0.316 e. The van der Waals surface area contributed by atoms with Crippen molar-refractivity contribution in [2.45, 2.75) is 6.92 Å². The van der Waals surface area contributed by atoms with Gasteiger partial charge in [0.15, 0.2) is 0 Å². The number of urea groups is 1. The van der Waals surface area contributed by atoms with Crippen LogP contribution in [0.1, 0.15) is 17.3 Å².